The predicted molar refractivity (Wildman–Crippen MR) is 59.2 cm³/mol. The lowest BCUT2D eigenvalue weighted by Gasteiger charge is -2.04. The molecule has 6 nitrogen and oxygen atoms in total. The highest BCUT2D eigenvalue weighted by Gasteiger charge is 2.05. The van der Waals surface area contributed by atoms with Gasteiger partial charge in [0.15, 0.2) is 11.0 Å². The third-order valence-corrected chi connectivity index (χ3v) is 2.10. The van der Waals surface area contributed by atoms with Gasteiger partial charge in [0.25, 0.3) is 0 Å². The lowest BCUT2D eigenvalue weighted by molar-refractivity contribution is 0.907. The number of rotatable bonds is 3. The molecule has 0 amide bonds. The molecule has 0 unspecified atom stereocenters. The molecule has 1 N–H and O–H groups in total. The summed E-state index contributed by atoms with van der Waals surface area (Å²) in [6.07, 6.45) is 1.60. The molecular weight excluding hydrogens is 251 g/mol. The summed E-state index contributed by atoms with van der Waals surface area (Å²) >= 11 is 11.4. The second-order valence-corrected chi connectivity index (χ2v) is 3.48. The van der Waals surface area contributed by atoms with Crippen LogP contribution in [0, 0.1) is 0 Å². The minimum Gasteiger partial charge on any atom is -0.362 e. The van der Waals surface area contributed by atoms with Gasteiger partial charge >= 0.3 is 0 Å². The van der Waals surface area contributed by atoms with Gasteiger partial charge in [-0.05, 0) is 23.7 Å². The summed E-state index contributed by atoms with van der Waals surface area (Å²) in [6.45, 7) is 0.433. The van der Waals surface area contributed by atoms with Gasteiger partial charge in [-0.2, -0.15) is 15.2 Å². The standard InChI is InChI=1S/C8H6Cl2N6/c9-6-7(13-8(10)16-15-6)11-4-5-2-1-3-12-14-5/h1-3H,4H2,(H,11,13,16). The number of aromatic nitrogens is 5. The van der Waals surface area contributed by atoms with Gasteiger partial charge in [-0.1, -0.05) is 11.6 Å². The number of halogens is 2. The highest BCUT2D eigenvalue weighted by Crippen LogP contribution is 2.16. The highest BCUT2D eigenvalue weighted by molar-refractivity contribution is 6.32. The van der Waals surface area contributed by atoms with Crippen LogP contribution in [0.15, 0.2) is 18.3 Å². The van der Waals surface area contributed by atoms with Crippen molar-refractivity contribution < 1.29 is 0 Å². The molecule has 8 heteroatoms. The van der Waals surface area contributed by atoms with Gasteiger partial charge in [-0.25, -0.2) is 0 Å². The summed E-state index contributed by atoms with van der Waals surface area (Å²) in [4.78, 5) is 3.89. The van der Waals surface area contributed by atoms with Crippen molar-refractivity contribution in [3.63, 3.8) is 0 Å². The van der Waals surface area contributed by atoms with Crippen LogP contribution in [0.2, 0.25) is 10.4 Å². The Labute approximate surface area is 101 Å². The molecule has 0 spiro atoms. The Balaban J connectivity index is 2.08. The van der Waals surface area contributed by atoms with Crippen LogP contribution in [0.1, 0.15) is 5.69 Å². The molecule has 0 saturated carbocycles. The molecule has 0 radical (unpaired) electrons. The maximum atomic E-state index is 5.77. The predicted octanol–water partition coefficient (Wildman–Crippen LogP) is 1.58. The molecule has 2 rings (SSSR count). The Kier molecular flexibility index (Phi) is 3.43. The fraction of sp³-hybridized carbons (Fsp3) is 0.125. The molecule has 0 bridgehead atoms. The van der Waals surface area contributed by atoms with E-state index in [0.29, 0.717) is 12.4 Å². The fourth-order valence-corrected chi connectivity index (χ4v) is 1.28. The largest absolute Gasteiger partial charge is 0.362 e. The van der Waals surface area contributed by atoms with Crippen molar-refractivity contribution >= 4 is 29.0 Å². The van der Waals surface area contributed by atoms with E-state index in [-0.39, 0.29) is 10.4 Å². The van der Waals surface area contributed by atoms with Gasteiger partial charge in [0, 0.05) is 6.20 Å². The summed E-state index contributed by atoms with van der Waals surface area (Å²) in [6, 6.07) is 3.61. The molecule has 0 aromatic carbocycles. The van der Waals surface area contributed by atoms with E-state index in [0.717, 1.165) is 5.69 Å². The Bertz CT molecular complexity index is 477. The molecule has 0 atom stereocenters. The molecule has 0 aliphatic carbocycles. The molecular formula is C8H6Cl2N6. The van der Waals surface area contributed by atoms with Crippen LogP contribution < -0.4 is 5.32 Å². The SMILES string of the molecule is Clc1nnc(Cl)c(NCc2cccnn2)n1. The first kappa shape index (κ1) is 11.0. The van der Waals surface area contributed by atoms with Crippen molar-refractivity contribution in [2.75, 3.05) is 5.32 Å². The fourth-order valence-electron chi connectivity index (χ4n) is 1.01. The number of hydrogen-bond acceptors (Lipinski definition) is 6. The average Bonchev–Trinajstić information content (AvgIpc) is 2.32. The van der Waals surface area contributed by atoms with E-state index in [2.05, 4.69) is 30.7 Å². The van der Waals surface area contributed by atoms with E-state index >= 15 is 0 Å². The second kappa shape index (κ2) is 5.00. The Morgan fingerprint density at radius 3 is 2.81 bits per heavy atom. The number of hydrogen-bond donors (Lipinski definition) is 1. The van der Waals surface area contributed by atoms with E-state index in [1.165, 1.54) is 0 Å². The third-order valence-electron chi connectivity index (χ3n) is 1.68. The zero-order valence-corrected chi connectivity index (χ0v) is 9.44. The van der Waals surface area contributed by atoms with Gasteiger partial charge in [0.2, 0.25) is 5.28 Å². The molecule has 16 heavy (non-hydrogen) atoms. The average molecular weight is 257 g/mol. The van der Waals surface area contributed by atoms with E-state index in [1.54, 1.807) is 12.3 Å². The number of nitrogens with zero attached hydrogens (tertiary/aromatic N) is 5. The zero-order valence-electron chi connectivity index (χ0n) is 7.93. The molecule has 2 aromatic heterocycles. The summed E-state index contributed by atoms with van der Waals surface area (Å²) in [5.41, 5.74) is 0.758. The number of nitrogens with one attached hydrogen (secondary N) is 1. The quantitative estimate of drug-likeness (QED) is 0.899. The first-order valence-corrected chi connectivity index (χ1v) is 5.07. The molecule has 2 aromatic rings. The Hall–Kier alpha value is -1.53. The van der Waals surface area contributed by atoms with Crippen molar-refractivity contribution in [2.24, 2.45) is 0 Å². The van der Waals surface area contributed by atoms with Crippen LogP contribution in [-0.4, -0.2) is 25.4 Å². The monoisotopic (exact) mass is 256 g/mol. The zero-order chi connectivity index (χ0) is 11.4. The Morgan fingerprint density at radius 1 is 1.19 bits per heavy atom. The van der Waals surface area contributed by atoms with Crippen molar-refractivity contribution in [2.45, 2.75) is 6.54 Å². The third kappa shape index (κ3) is 2.74. The first-order chi connectivity index (χ1) is 7.75. The van der Waals surface area contributed by atoms with Crippen LogP contribution in [0.4, 0.5) is 5.82 Å². The Morgan fingerprint density at radius 2 is 2.06 bits per heavy atom. The van der Waals surface area contributed by atoms with Crippen LogP contribution in [-0.2, 0) is 6.54 Å². The summed E-state index contributed by atoms with van der Waals surface area (Å²) in [5, 5.41) is 17.9. The molecule has 0 aliphatic heterocycles. The van der Waals surface area contributed by atoms with E-state index in [4.69, 9.17) is 23.2 Å². The summed E-state index contributed by atoms with van der Waals surface area (Å²) in [7, 11) is 0. The minimum absolute atomic E-state index is 0.0334. The normalized spacial score (nSPS) is 10.1. The van der Waals surface area contributed by atoms with Crippen LogP contribution in [0.5, 0.6) is 0 Å². The lowest BCUT2D eigenvalue weighted by Crippen LogP contribution is -2.06. The van der Waals surface area contributed by atoms with Crippen LogP contribution in [0.25, 0.3) is 0 Å². The van der Waals surface area contributed by atoms with Crippen LogP contribution in [0.3, 0.4) is 0 Å². The molecule has 2 heterocycles. The smallest absolute Gasteiger partial charge is 0.245 e. The van der Waals surface area contributed by atoms with Gasteiger partial charge in [-0.3, -0.25) is 0 Å². The van der Waals surface area contributed by atoms with Gasteiger partial charge in [0.1, 0.15) is 0 Å². The molecule has 82 valence electrons. The topological polar surface area (TPSA) is 76.5 Å². The van der Waals surface area contributed by atoms with Gasteiger partial charge in [-0.15, -0.1) is 10.2 Å². The summed E-state index contributed by atoms with van der Waals surface area (Å²) < 4.78 is 0. The lowest BCUT2D eigenvalue weighted by atomic mass is 10.4. The molecule has 0 aliphatic rings. The van der Waals surface area contributed by atoms with Crippen molar-refractivity contribution in [1.29, 1.82) is 0 Å². The van der Waals surface area contributed by atoms with Gasteiger partial charge in [0.05, 0.1) is 12.2 Å². The van der Waals surface area contributed by atoms with Crippen molar-refractivity contribution in [1.82, 2.24) is 25.4 Å². The maximum absolute atomic E-state index is 5.77. The van der Waals surface area contributed by atoms with E-state index in [9.17, 15) is 0 Å². The van der Waals surface area contributed by atoms with Crippen molar-refractivity contribution in [3.05, 3.63) is 34.5 Å². The molecule has 0 fully saturated rings. The second-order valence-electron chi connectivity index (χ2n) is 2.79. The van der Waals surface area contributed by atoms with Crippen LogP contribution >= 0.6 is 23.2 Å². The first-order valence-electron chi connectivity index (χ1n) is 4.32. The van der Waals surface area contributed by atoms with E-state index in [1.807, 2.05) is 6.07 Å². The number of anilines is 1. The van der Waals surface area contributed by atoms with Gasteiger partial charge < -0.3 is 5.32 Å². The summed E-state index contributed by atoms with van der Waals surface area (Å²) in [5.74, 6) is 0.368. The van der Waals surface area contributed by atoms with Crippen molar-refractivity contribution in [3.8, 4) is 0 Å². The maximum Gasteiger partial charge on any atom is 0.245 e. The molecule has 0 saturated heterocycles. The highest BCUT2D eigenvalue weighted by atomic mass is 35.5. The minimum atomic E-state index is 0.0334. The van der Waals surface area contributed by atoms with E-state index < -0.39 is 0 Å².